The lowest BCUT2D eigenvalue weighted by Gasteiger charge is -2.25. The quantitative estimate of drug-likeness (QED) is 0.706. The van der Waals surface area contributed by atoms with Gasteiger partial charge in [0.05, 0.1) is 6.42 Å². The Balaban J connectivity index is 2.80. The Morgan fingerprint density at radius 1 is 1.14 bits per heavy atom. The second-order valence-corrected chi connectivity index (χ2v) is 5.39. The summed E-state index contributed by atoms with van der Waals surface area (Å²) >= 11 is 0. The molecule has 0 amide bonds. The van der Waals surface area contributed by atoms with Crippen molar-refractivity contribution in [2.75, 3.05) is 38.6 Å². The Kier molecular flexibility index (Phi) is 6.88. The topological polar surface area (TPSA) is 60.9 Å². The highest BCUT2D eigenvalue weighted by Gasteiger charge is 2.10. The average molecular weight is 292 g/mol. The Hall–Kier alpha value is -1.88. The number of ketones is 1. The van der Waals surface area contributed by atoms with E-state index in [-0.39, 0.29) is 12.2 Å². The summed E-state index contributed by atoms with van der Waals surface area (Å²) in [5.74, 6) is -0.793. The first-order valence-corrected chi connectivity index (χ1v) is 7.12. The number of nitrogens with zero attached hydrogens (tertiary/aromatic N) is 2. The van der Waals surface area contributed by atoms with Crippen LogP contribution in [-0.2, 0) is 4.79 Å². The van der Waals surface area contributed by atoms with Gasteiger partial charge < -0.3 is 14.9 Å². The number of benzene rings is 1. The summed E-state index contributed by atoms with van der Waals surface area (Å²) in [4.78, 5) is 26.4. The van der Waals surface area contributed by atoms with Gasteiger partial charge in [-0.2, -0.15) is 0 Å². The zero-order valence-corrected chi connectivity index (χ0v) is 13.0. The molecule has 0 heterocycles. The molecule has 0 fully saturated rings. The Morgan fingerprint density at radius 3 is 2.43 bits per heavy atom. The monoisotopic (exact) mass is 292 g/mol. The van der Waals surface area contributed by atoms with Gasteiger partial charge in [-0.15, -0.1) is 0 Å². The van der Waals surface area contributed by atoms with Gasteiger partial charge in [-0.1, -0.05) is 12.1 Å². The van der Waals surface area contributed by atoms with E-state index < -0.39 is 5.97 Å². The molecule has 0 aromatic heterocycles. The van der Waals surface area contributed by atoms with Crippen LogP contribution in [0.5, 0.6) is 0 Å². The minimum Gasteiger partial charge on any atom is -0.481 e. The lowest BCUT2D eigenvalue weighted by atomic mass is 10.1. The highest BCUT2D eigenvalue weighted by Crippen LogP contribution is 2.17. The molecule has 0 radical (unpaired) electrons. The van der Waals surface area contributed by atoms with Gasteiger partial charge in [-0.05, 0) is 46.1 Å². The van der Waals surface area contributed by atoms with E-state index in [2.05, 4.69) is 4.90 Å². The van der Waals surface area contributed by atoms with Crippen molar-refractivity contribution in [1.82, 2.24) is 4.90 Å². The number of hydrogen-bond acceptors (Lipinski definition) is 4. The molecule has 5 nitrogen and oxygen atoms in total. The lowest BCUT2D eigenvalue weighted by molar-refractivity contribution is -0.136. The molecule has 5 heteroatoms. The van der Waals surface area contributed by atoms with E-state index in [0.717, 1.165) is 25.2 Å². The van der Waals surface area contributed by atoms with Crippen LogP contribution in [-0.4, -0.2) is 55.5 Å². The van der Waals surface area contributed by atoms with Crippen LogP contribution in [0.1, 0.15) is 30.1 Å². The summed E-state index contributed by atoms with van der Waals surface area (Å²) in [6, 6.07) is 7.37. The third kappa shape index (κ3) is 6.40. The van der Waals surface area contributed by atoms with Crippen LogP contribution in [0.25, 0.3) is 0 Å². The second-order valence-electron chi connectivity index (χ2n) is 5.39. The molecule has 116 valence electrons. The number of Topliss-reactive ketones (excluding diaryl/α,β-unsaturated/α-hetero) is 1. The Labute approximate surface area is 126 Å². The predicted molar refractivity (Wildman–Crippen MR) is 84.1 cm³/mol. The van der Waals surface area contributed by atoms with Crippen LogP contribution in [0.15, 0.2) is 24.3 Å². The molecule has 1 N–H and O–H groups in total. The average Bonchev–Trinajstić information content (AvgIpc) is 2.42. The fourth-order valence-corrected chi connectivity index (χ4v) is 2.10. The summed E-state index contributed by atoms with van der Waals surface area (Å²) in [6.07, 6.45) is 1.03. The summed E-state index contributed by atoms with van der Waals surface area (Å²) in [6.45, 7) is 3.69. The van der Waals surface area contributed by atoms with Gasteiger partial charge in [0.25, 0.3) is 0 Å². The molecule has 0 saturated carbocycles. The van der Waals surface area contributed by atoms with E-state index in [4.69, 9.17) is 5.11 Å². The van der Waals surface area contributed by atoms with Crippen molar-refractivity contribution < 1.29 is 14.7 Å². The largest absolute Gasteiger partial charge is 0.481 e. The lowest BCUT2D eigenvalue weighted by Crippen LogP contribution is -2.29. The first-order chi connectivity index (χ1) is 9.90. The molecule has 21 heavy (non-hydrogen) atoms. The van der Waals surface area contributed by atoms with Crippen molar-refractivity contribution >= 4 is 17.4 Å². The smallest absolute Gasteiger partial charge is 0.305 e. The molecule has 1 rings (SSSR count). The molecule has 0 aliphatic rings. The number of aliphatic carboxylic acids is 1. The Morgan fingerprint density at radius 2 is 1.86 bits per heavy atom. The third-order valence-electron chi connectivity index (χ3n) is 3.25. The summed E-state index contributed by atoms with van der Waals surface area (Å²) in [5, 5.41) is 8.88. The molecule has 0 unspecified atom stereocenters. The van der Waals surface area contributed by atoms with Crippen molar-refractivity contribution in [3.8, 4) is 0 Å². The standard InChI is InChI=1S/C16H24N2O3/c1-13(19)14-6-4-7-15(12-14)18(11-8-16(20)21)10-5-9-17(2)3/h4,6-7,12H,5,8-11H2,1-3H3,(H,20,21). The minimum atomic E-state index is -0.810. The summed E-state index contributed by atoms with van der Waals surface area (Å²) < 4.78 is 0. The number of carbonyl (C=O) groups excluding carboxylic acids is 1. The molecular formula is C16H24N2O3. The molecule has 0 aliphatic heterocycles. The SMILES string of the molecule is CC(=O)c1cccc(N(CCCN(C)C)CCC(=O)O)c1. The minimum absolute atomic E-state index is 0.0170. The number of anilines is 1. The van der Waals surface area contributed by atoms with Crippen molar-refractivity contribution in [2.24, 2.45) is 0 Å². The van der Waals surface area contributed by atoms with Crippen molar-refractivity contribution in [1.29, 1.82) is 0 Å². The highest BCUT2D eigenvalue weighted by molar-refractivity contribution is 5.95. The third-order valence-corrected chi connectivity index (χ3v) is 3.25. The van der Waals surface area contributed by atoms with Crippen molar-refractivity contribution in [3.63, 3.8) is 0 Å². The number of carbonyl (C=O) groups is 2. The van der Waals surface area contributed by atoms with Crippen LogP contribution in [0.4, 0.5) is 5.69 Å². The fourth-order valence-electron chi connectivity index (χ4n) is 2.10. The number of carboxylic acid groups (broad SMARTS) is 1. The van der Waals surface area contributed by atoms with E-state index in [9.17, 15) is 9.59 Å². The second kappa shape index (κ2) is 8.42. The maximum absolute atomic E-state index is 11.5. The van der Waals surface area contributed by atoms with E-state index in [0.29, 0.717) is 12.1 Å². The molecule has 0 spiro atoms. The van der Waals surface area contributed by atoms with Gasteiger partial charge in [-0.3, -0.25) is 9.59 Å². The van der Waals surface area contributed by atoms with Gasteiger partial charge >= 0.3 is 5.97 Å². The van der Waals surface area contributed by atoms with E-state index in [1.54, 1.807) is 6.07 Å². The summed E-state index contributed by atoms with van der Waals surface area (Å²) in [7, 11) is 4.02. The van der Waals surface area contributed by atoms with E-state index in [1.165, 1.54) is 6.92 Å². The first-order valence-electron chi connectivity index (χ1n) is 7.12. The Bertz CT molecular complexity index is 486. The van der Waals surface area contributed by atoms with Gasteiger partial charge in [0.15, 0.2) is 5.78 Å². The highest BCUT2D eigenvalue weighted by atomic mass is 16.4. The molecule has 1 aromatic carbocycles. The van der Waals surface area contributed by atoms with Gasteiger partial charge in [0.2, 0.25) is 0 Å². The van der Waals surface area contributed by atoms with Crippen LogP contribution in [0, 0.1) is 0 Å². The van der Waals surface area contributed by atoms with Crippen molar-refractivity contribution in [2.45, 2.75) is 19.8 Å². The predicted octanol–water partition coefficient (Wildman–Crippen LogP) is 2.12. The molecule has 0 bridgehead atoms. The molecular weight excluding hydrogens is 268 g/mol. The zero-order valence-electron chi connectivity index (χ0n) is 13.0. The fraction of sp³-hybridized carbons (Fsp3) is 0.500. The normalized spacial score (nSPS) is 10.7. The van der Waals surface area contributed by atoms with Crippen LogP contribution in [0.3, 0.4) is 0 Å². The zero-order chi connectivity index (χ0) is 15.8. The van der Waals surface area contributed by atoms with E-state index in [1.807, 2.05) is 37.2 Å². The van der Waals surface area contributed by atoms with Crippen LogP contribution >= 0.6 is 0 Å². The molecule has 0 aliphatic carbocycles. The van der Waals surface area contributed by atoms with Crippen LogP contribution in [0.2, 0.25) is 0 Å². The maximum Gasteiger partial charge on any atom is 0.305 e. The van der Waals surface area contributed by atoms with Crippen molar-refractivity contribution in [3.05, 3.63) is 29.8 Å². The van der Waals surface area contributed by atoms with Gasteiger partial charge in [-0.25, -0.2) is 0 Å². The van der Waals surface area contributed by atoms with E-state index >= 15 is 0 Å². The number of rotatable bonds is 9. The molecule has 1 aromatic rings. The number of hydrogen-bond donors (Lipinski definition) is 1. The molecule has 0 atom stereocenters. The maximum atomic E-state index is 11.5. The summed E-state index contributed by atoms with van der Waals surface area (Å²) in [5.41, 5.74) is 1.56. The van der Waals surface area contributed by atoms with Crippen LogP contribution < -0.4 is 4.90 Å². The van der Waals surface area contributed by atoms with Gasteiger partial charge in [0, 0.05) is 24.3 Å². The first kappa shape index (κ1) is 17.2. The van der Waals surface area contributed by atoms with Gasteiger partial charge in [0.1, 0.15) is 0 Å². The number of carboxylic acids is 1. The molecule has 0 saturated heterocycles.